The fourth-order valence-electron chi connectivity index (χ4n) is 2.56. The Kier molecular flexibility index (Phi) is 3.70. The SMILES string of the molecule is COC(C)CNc1cc(C)c(C#N)c2nc3ccccc3n12. The molecular formula is C17H18N4O. The van der Waals surface area contributed by atoms with Gasteiger partial charge in [-0.15, -0.1) is 0 Å². The Bertz CT molecular complexity index is 876. The summed E-state index contributed by atoms with van der Waals surface area (Å²) in [5.74, 6) is 0.920. The zero-order valence-corrected chi connectivity index (χ0v) is 12.9. The van der Waals surface area contributed by atoms with Crippen molar-refractivity contribution >= 4 is 22.5 Å². The van der Waals surface area contributed by atoms with Crippen LogP contribution in [0.15, 0.2) is 30.3 Å². The molecule has 1 atom stereocenters. The number of nitrogens with one attached hydrogen (secondary N) is 1. The molecule has 2 aromatic heterocycles. The summed E-state index contributed by atoms with van der Waals surface area (Å²) >= 11 is 0. The fourth-order valence-corrected chi connectivity index (χ4v) is 2.56. The molecular weight excluding hydrogens is 276 g/mol. The van der Waals surface area contributed by atoms with Crippen molar-refractivity contribution in [1.29, 1.82) is 5.26 Å². The number of methoxy groups -OCH3 is 1. The Balaban J connectivity index is 2.25. The predicted octanol–water partition coefficient (Wildman–Crippen LogP) is 3.11. The predicted molar refractivity (Wildman–Crippen MR) is 87.1 cm³/mol. The summed E-state index contributed by atoms with van der Waals surface area (Å²) in [7, 11) is 1.69. The molecule has 2 heterocycles. The number of anilines is 1. The fraction of sp³-hybridized carbons (Fsp3) is 0.294. The highest BCUT2D eigenvalue weighted by molar-refractivity contribution is 5.85. The Hall–Kier alpha value is -2.58. The second-order valence-electron chi connectivity index (χ2n) is 5.39. The summed E-state index contributed by atoms with van der Waals surface area (Å²) in [6, 6.07) is 12.2. The molecule has 5 heteroatoms. The first kappa shape index (κ1) is 14.4. The van der Waals surface area contributed by atoms with Crippen molar-refractivity contribution in [2.45, 2.75) is 20.0 Å². The number of aryl methyl sites for hydroxylation is 1. The van der Waals surface area contributed by atoms with E-state index in [9.17, 15) is 5.26 Å². The Morgan fingerprint density at radius 2 is 2.18 bits per heavy atom. The number of fused-ring (bicyclic) bond motifs is 3. The average molecular weight is 294 g/mol. The van der Waals surface area contributed by atoms with Crippen LogP contribution in [0.2, 0.25) is 0 Å². The first-order valence-electron chi connectivity index (χ1n) is 7.23. The smallest absolute Gasteiger partial charge is 0.157 e. The van der Waals surface area contributed by atoms with E-state index < -0.39 is 0 Å². The van der Waals surface area contributed by atoms with Crippen LogP contribution in [0.3, 0.4) is 0 Å². The van der Waals surface area contributed by atoms with Crippen molar-refractivity contribution in [3.8, 4) is 6.07 Å². The van der Waals surface area contributed by atoms with Gasteiger partial charge in [-0.2, -0.15) is 5.26 Å². The van der Waals surface area contributed by atoms with Crippen LogP contribution in [0.1, 0.15) is 18.1 Å². The minimum atomic E-state index is 0.0979. The van der Waals surface area contributed by atoms with Crippen molar-refractivity contribution in [2.75, 3.05) is 19.0 Å². The number of benzene rings is 1. The summed E-state index contributed by atoms with van der Waals surface area (Å²) in [4.78, 5) is 4.62. The second kappa shape index (κ2) is 5.66. The van der Waals surface area contributed by atoms with Crippen LogP contribution in [-0.4, -0.2) is 29.1 Å². The van der Waals surface area contributed by atoms with Gasteiger partial charge in [-0.1, -0.05) is 12.1 Å². The molecule has 0 saturated carbocycles. The molecule has 22 heavy (non-hydrogen) atoms. The number of hydrogen-bond acceptors (Lipinski definition) is 4. The van der Waals surface area contributed by atoms with Crippen LogP contribution in [0.4, 0.5) is 5.82 Å². The molecule has 0 fully saturated rings. The quantitative estimate of drug-likeness (QED) is 0.803. The van der Waals surface area contributed by atoms with E-state index in [2.05, 4.69) is 16.4 Å². The lowest BCUT2D eigenvalue weighted by molar-refractivity contribution is 0.128. The third-order valence-electron chi connectivity index (χ3n) is 3.86. The Morgan fingerprint density at radius 1 is 1.41 bits per heavy atom. The van der Waals surface area contributed by atoms with Crippen molar-refractivity contribution in [3.05, 3.63) is 41.5 Å². The number of ether oxygens (including phenoxy) is 1. The first-order chi connectivity index (χ1) is 10.7. The summed E-state index contributed by atoms with van der Waals surface area (Å²) < 4.78 is 7.29. The molecule has 112 valence electrons. The normalized spacial score (nSPS) is 12.5. The molecule has 1 aromatic carbocycles. The molecule has 1 N–H and O–H groups in total. The Morgan fingerprint density at radius 3 is 2.91 bits per heavy atom. The van der Waals surface area contributed by atoms with E-state index in [0.29, 0.717) is 17.8 Å². The van der Waals surface area contributed by atoms with Crippen LogP contribution in [0.5, 0.6) is 0 Å². The van der Waals surface area contributed by atoms with Gasteiger partial charge in [0.2, 0.25) is 0 Å². The molecule has 3 aromatic rings. The number of nitrogens with zero attached hydrogens (tertiary/aromatic N) is 3. The summed E-state index contributed by atoms with van der Waals surface area (Å²) in [6.07, 6.45) is 0.0979. The number of imidazole rings is 1. The van der Waals surface area contributed by atoms with Crippen LogP contribution < -0.4 is 5.32 Å². The highest BCUT2D eigenvalue weighted by Gasteiger charge is 2.15. The van der Waals surface area contributed by atoms with Gasteiger partial charge in [0.05, 0.1) is 22.7 Å². The van der Waals surface area contributed by atoms with E-state index in [4.69, 9.17) is 4.74 Å². The van der Waals surface area contributed by atoms with Crippen LogP contribution >= 0.6 is 0 Å². The number of hydrogen-bond donors (Lipinski definition) is 1. The van der Waals surface area contributed by atoms with E-state index in [1.807, 2.05) is 48.6 Å². The highest BCUT2D eigenvalue weighted by atomic mass is 16.5. The van der Waals surface area contributed by atoms with E-state index in [1.54, 1.807) is 7.11 Å². The minimum Gasteiger partial charge on any atom is -0.380 e. The molecule has 0 spiro atoms. The monoisotopic (exact) mass is 294 g/mol. The third-order valence-corrected chi connectivity index (χ3v) is 3.86. The summed E-state index contributed by atoms with van der Waals surface area (Å²) in [6.45, 7) is 4.62. The van der Waals surface area contributed by atoms with Gasteiger partial charge in [-0.05, 0) is 37.6 Å². The van der Waals surface area contributed by atoms with Gasteiger partial charge in [0.1, 0.15) is 11.9 Å². The van der Waals surface area contributed by atoms with Crippen molar-refractivity contribution < 1.29 is 4.74 Å². The number of aromatic nitrogens is 2. The molecule has 0 aliphatic carbocycles. The van der Waals surface area contributed by atoms with Gasteiger partial charge < -0.3 is 10.1 Å². The molecule has 0 aliphatic rings. The molecule has 3 rings (SSSR count). The summed E-state index contributed by atoms with van der Waals surface area (Å²) in [5, 5.41) is 12.8. The van der Waals surface area contributed by atoms with Crippen LogP contribution in [-0.2, 0) is 4.74 Å². The molecule has 0 saturated heterocycles. The van der Waals surface area contributed by atoms with Gasteiger partial charge in [0.15, 0.2) is 5.65 Å². The van der Waals surface area contributed by atoms with Crippen molar-refractivity contribution in [3.63, 3.8) is 0 Å². The van der Waals surface area contributed by atoms with E-state index in [-0.39, 0.29) is 6.10 Å². The first-order valence-corrected chi connectivity index (χ1v) is 7.23. The molecule has 0 radical (unpaired) electrons. The number of rotatable bonds is 4. The zero-order valence-electron chi connectivity index (χ0n) is 12.9. The molecule has 0 amide bonds. The standard InChI is InChI=1S/C17H18N4O/c1-11-8-16(19-10-12(2)22-3)21-15-7-5-4-6-14(15)20-17(21)13(11)9-18/h4-8,12,19H,10H2,1-3H3. The number of para-hydroxylation sites is 2. The average Bonchev–Trinajstić information content (AvgIpc) is 2.91. The Labute approximate surface area is 129 Å². The van der Waals surface area contributed by atoms with Gasteiger partial charge in [0.25, 0.3) is 0 Å². The molecule has 0 aliphatic heterocycles. The summed E-state index contributed by atoms with van der Waals surface area (Å²) in [5.41, 5.74) is 4.09. The second-order valence-corrected chi connectivity index (χ2v) is 5.39. The maximum absolute atomic E-state index is 9.44. The molecule has 1 unspecified atom stereocenters. The lowest BCUT2D eigenvalue weighted by Gasteiger charge is -2.15. The molecule has 0 bridgehead atoms. The van der Waals surface area contributed by atoms with Gasteiger partial charge in [-0.25, -0.2) is 4.98 Å². The van der Waals surface area contributed by atoms with E-state index in [0.717, 1.165) is 22.4 Å². The van der Waals surface area contributed by atoms with Gasteiger partial charge in [-0.3, -0.25) is 4.40 Å². The van der Waals surface area contributed by atoms with E-state index in [1.165, 1.54) is 0 Å². The lowest BCUT2D eigenvalue weighted by Crippen LogP contribution is -2.19. The third kappa shape index (κ3) is 2.28. The van der Waals surface area contributed by atoms with Crippen molar-refractivity contribution in [1.82, 2.24) is 9.38 Å². The number of pyridine rings is 1. The van der Waals surface area contributed by atoms with E-state index >= 15 is 0 Å². The van der Waals surface area contributed by atoms with Gasteiger partial charge in [0, 0.05) is 13.7 Å². The van der Waals surface area contributed by atoms with Gasteiger partial charge >= 0.3 is 0 Å². The zero-order chi connectivity index (χ0) is 15.7. The molecule has 5 nitrogen and oxygen atoms in total. The highest BCUT2D eigenvalue weighted by Crippen LogP contribution is 2.26. The minimum absolute atomic E-state index is 0.0979. The maximum atomic E-state index is 9.44. The lowest BCUT2D eigenvalue weighted by atomic mass is 10.1. The number of nitriles is 1. The van der Waals surface area contributed by atoms with Crippen molar-refractivity contribution in [2.24, 2.45) is 0 Å². The van der Waals surface area contributed by atoms with Crippen LogP contribution in [0, 0.1) is 18.3 Å². The topological polar surface area (TPSA) is 62.3 Å². The maximum Gasteiger partial charge on any atom is 0.157 e. The van der Waals surface area contributed by atoms with Crippen LogP contribution in [0.25, 0.3) is 16.7 Å². The largest absolute Gasteiger partial charge is 0.380 e.